The van der Waals surface area contributed by atoms with Crippen LogP contribution in [0.5, 0.6) is 0 Å². The van der Waals surface area contributed by atoms with Crippen molar-refractivity contribution in [1.29, 1.82) is 0 Å². The lowest BCUT2D eigenvalue weighted by molar-refractivity contribution is -0.284. The van der Waals surface area contributed by atoms with E-state index < -0.39 is 17.0 Å². The van der Waals surface area contributed by atoms with Gasteiger partial charge in [0.05, 0.1) is 17.1 Å². The Morgan fingerprint density at radius 3 is 2.15 bits per heavy atom. The zero-order valence-electron chi connectivity index (χ0n) is 22.6. The van der Waals surface area contributed by atoms with Crippen LogP contribution in [0.25, 0.3) is 0 Å². The fourth-order valence-electron chi connectivity index (χ4n) is 10.7. The molecule has 0 radical (unpaired) electrons. The van der Waals surface area contributed by atoms with Crippen LogP contribution >= 0.6 is 0 Å². The predicted octanol–water partition coefficient (Wildman–Crippen LogP) is 6.35. The summed E-state index contributed by atoms with van der Waals surface area (Å²) in [7, 11) is 0. The first-order valence-electron chi connectivity index (χ1n) is 13.8. The van der Waals surface area contributed by atoms with Crippen LogP contribution < -0.4 is 0 Å². The zero-order valence-corrected chi connectivity index (χ0v) is 22.6. The summed E-state index contributed by atoms with van der Waals surface area (Å²) in [6.07, 6.45) is 10.4. The van der Waals surface area contributed by atoms with E-state index in [1.165, 1.54) is 5.57 Å². The molecule has 0 spiro atoms. The lowest BCUT2D eigenvalue weighted by Gasteiger charge is -2.73. The first-order chi connectivity index (χ1) is 15.5. The summed E-state index contributed by atoms with van der Waals surface area (Å²) in [4.78, 5) is 12.8. The van der Waals surface area contributed by atoms with E-state index in [1.807, 2.05) is 0 Å². The monoisotopic (exact) mass is 472 g/mol. The topological polar surface area (TPSA) is 77.8 Å². The van der Waals surface area contributed by atoms with Gasteiger partial charge in [-0.1, -0.05) is 60.1 Å². The van der Waals surface area contributed by atoms with Gasteiger partial charge in [-0.15, -0.1) is 0 Å². The Labute approximate surface area is 206 Å². The lowest BCUT2D eigenvalue weighted by atomic mass is 9.32. The van der Waals surface area contributed by atoms with Gasteiger partial charge in [0.1, 0.15) is 0 Å². The van der Waals surface area contributed by atoms with Crippen molar-refractivity contribution >= 4 is 5.97 Å². The number of carbonyl (C=O) groups is 1. The highest BCUT2D eigenvalue weighted by Crippen LogP contribution is 2.76. The van der Waals surface area contributed by atoms with Gasteiger partial charge in [-0.2, -0.15) is 0 Å². The van der Waals surface area contributed by atoms with Gasteiger partial charge in [-0.3, -0.25) is 4.79 Å². The molecule has 0 saturated heterocycles. The maximum Gasteiger partial charge on any atom is 0.310 e. The standard InChI is InChI=1S/C30H48O4/c1-24(2)10-13-29(23(32)33)14-11-26(5)20(21(29)18-24)8-9-22-27(26,6)12-15-30(34)25(3,4)16-19(31)17-28(22,30)7/h8,19,21-22,31,34H,9-18H2,1-7H3,(H,32,33)/t19?,21-,22+,26-,27-,28-,29+,30?/m1/s1. The Morgan fingerprint density at radius 1 is 0.853 bits per heavy atom. The molecule has 0 amide bonds. The first kappa shape index (κ1) is 24.8. The number of aliphatic hydroxyl groups excluding tert-OH is 1. The highest BCUT2D eigenvalue weighted by Gasteiger charge is 2.73. The highest BCUT2D eigenvalue weighted by atomic mass is 16.4. The average molecular weight is 473 g/mol. The molecule has 5 aliphatic carbocycles. The van der Waals surface area contributed by atoms with Crippen LogP contribution in [-0.2, 0) is 4.79 Å². The number of fused-ring (bicyclic) bond motifs is 7. The van der Waals surface area contributed by atoms with E-state index in [0.29, 0.717) is 12.8 Å². The Morgan fingerprint density at radius 2 is 1.50 bits per heavy atom. The molecule has 0 aliphatic heterocycles. The Balaban J connectivity index is 1.63. The predicted molar refractivity (Wildman–Crippen MR) is 134 cm³/mol. The number of aliphatic carboxylic acids is 1. The number of rotatable bonds is 1. The number of carboxylic acid groups (broad SMARTS) is 1. The van der Waals surface area contributed by atoms with Crippen LogP contribution in [0, 0.1) is 44.3 Å². The third-order valence-corrected chi connectivity index (χ3v) is 13.0. The van der Waals surface area contributed by atoms with Gasteiger partial charge in [0.15, 0.2) is 0 Å². The van der Waals surface area contributed by atoms with Crippen LogP contribution in [0.15, 0.2) is 11.6 Å². The zero-order chi connectivity index (χ0) is 25.2. The molecule has 4 saturated carbocycles. The van der Waals surface area contributed by atoms with Crippen molar-refractivity contribution in [1.82, 2.24) is 0 Å². The minimum Gasteiger partial charge on any atom is -0.481 e. The molecule has 4 nitrogen and oxygen atoms in total. The molecular formula is C30H48O4. The van der Waals surface area contributed by atoms with Crippen molar-refractivity contribution in [3.63, 3.8) is 0 Å². The molecule has 4 heteroatoms. The third-order valence-electron chi connectivity index (χ3n) is 13.0. The van der Waals surface area contributed by atoms with Gasteiger partial charge in [-0.25, -0.2) is 0 Å². The van der Waals surface area contributed by atoms with Gasteiger partial charge in [0.25, 0.3) is 0 Å². The number of hydrogen-bond donors (Lipinski definition) is 3. The van der Waals surface area contributed by atoms with Crippen LogP contribution in [0.3, 0.4) is 0 Å². The Hall–Kier alpha value is -0.870. The molecule has 34 heavy (non-hydrogen) atoms. The molecule has 3 N–H and O–H groups in total. The van der Waals surface area contributed by atoms with E-state index >= 15 is 0 Å². The van der Waals surface area contributed by atoms with E-state index in [9.17, 15) is 20.1 Å². The van der Waals surface area contributed by atoms with Crippen molar-refractivity contribution in [2.75, 3.05) is 0 Å². The van der Waals surface area contributed by atoms with Gasteiger partial charge in [0.2, 0.25) is 0 Å². The van der Waals surface area contributed by atoms with Gasteiger partial charge in [-0.05, 0) is 97.7 Å². The normalized spacial score (nSPS) is 53.4. The molecule has 192 valence electrons. The Kier molecular flexibility index (Phi) is 5.04. The molecule has 5 rings (SSSR count). The summed E-state index contributed by atoms with van der Waals surface area (Å²) < 4.78 is 0. The SMILES string of the molecule is CC1(C)CC[C@]2(C(=O)O)CC[C@]3(C)C(=CC[C@@H]4[C@@]5(C)CC(O)CC(C)(C)C5(O)CC[C@]43C)[C@H]2C1. The summed E-state index contributed by atoms with van der Waals surface area (Å²) in [5.74, 6) is -0.215. The smallest absolute Gasteiger partial charge is 0.310 e. The second-order valence-electron chi connectivity index (χ2n) is 15.3. The highest BCUT2D eigenvalue weighted by molar-refractivity contribution is 5.76. The van der Waals surface area contributed by atoms with Crippen molar-refractivity contribution in [2.45, 2.75) is 124 Å². The molecule has 5 aliphatic rings. The van der Waals surface area contributed by atoms with Crippen LogP contribution in [-0.4, -0.2) is 33.0 Å². The minimum absolute atomic E-state index is 0.0164. The quantitative estimate of drug-likeness (QED) is 0.389. The molecule has 0 aromatic carbocycles. The van der Waals surface area contributed by atoms with E-state index in [2.05, 4.69) is 54.5 Å². The maximum atomic E-state index is 12.8. The van der Waals surface area contributed by atoms with Crippen molar-refractivity contribution in [2.24, 2.45) is 44.3 Å². The fraction of sp³-hybridized carbons (Fsp3) is 0.900. The number of carboxylic acids is 1. The minimum atomic E-state index is -0.794. The van der Waals surface area contributed by atoms with Crippen molar-refractivity contribution < 1.29 is 20.1 Å². The summed E-state index contributed by atoms with van der Waals surface area (Å²) in [5.41, 5.74) is -0.608. The van der Waals surface area contributed by atoms with E-state index in [-0.39, 0.29) is 45.0 Å². The fourth-order valence-corrected chi connectivity index (χ4v) is 10.7. The van der Waals surface area contributed by atoms with Gasteiger partial charge >= 0.3 is 5.97 Å². The number of hydrogen-bond acceptors (Lipinski definition) is 3. The molecule has 0 aromatic heterocycles. The lowest BCUT2D eigenvalue weighted by Crippen LogP contribution is -2.72. The molecule has 0 aromatic rings. The van der Waals surface area contributed by atoms with Gasteiger partial charge in [0, 0.05) is 5.41 Å². The number of aliphatic hydroxyl groups is 2. The first-order valence-corrected chi connectivity index (χ1v) is 13.8. The maximum absolute atomic E-state index is 12.8. The van der Waals surface area contributed by atoms with E-state index in [1.54, 1.807) is 0 Å². The van der Waals surface area contributed by atoms with Crippen LogP contribution in [0.2, 0.25) is 0 Å². The van der Waals surface area contributed by atoms with Crippen LogP contribution in [0.4, 0.5) is 0 Å². The van der Waals surface area contributed by atoms with Crippen molar-refractivity contribution in [3.05, 3.63) is 11.6 Å². The molecule has 4 fully saturated rings. The molecule has 8 atom stereocenters. The average Bonchev–Trinajstić information content (AvgIpc) is 2.70. The van der Waals surface area contributed by atoms with Crippen LogP contribution in [0.1, 0.15) is 113 Å². The largest absolute Gasteiger partial charge is 0.481 e. The molecule has 0 bridgehead atoms. The van der Waals surface area contributed by atoms with E-state index in [4.69, 9.17) is 0 Å². The number of allylic oxidation sites excluding steroid dienone is 2. The summed E-state index contributed by atoms with van der Waals surface area (Å²) >= 11 is 0. The van der Waals surface area contributed by atoms with Crippen molar-refractivity contribution in [3.8, 4) is 0 Å². The Bertz CT molecular complexity index is 934. The molecular weight excluding hydrogens is 424 g/mol. The molecule has 0 heterocycles. The van der Waals surface area contributed by atoms with Gasteiger partial charge < -0.3 is 15.3 Å². The molecule has 2 unspecified atom stereocenters. The summed E-state index contributed by atoms with van der Waals surface area (Å²) in [6.45, 7) is 16.1. The summed E-state index contributed by atoms with van der Waals surface area (Å²) in [6, 6.07) is 0. The third kappa shape index (κ3) is 2.76. The second-order valence-corrected chi connectivity index (χ2v) is 15.3. The summed E-state index contributed by atoms with van der Waals surface area (Å²) in [5, 5.41) is 33.7. The van der Waals surface area contributed by atoms with E-state index in [0.717, 1.165) is 51.4 Å². The second kappa shape index (κ2) is 6.91.